The molecule has 0 aliphatic rings. The third-order valence-corrected chi connectivity index (χ3v) is 5.35. The van der Waals surface area contributed by atoms with E-state index in [4.69, 9.17) is 0 Å². The lowest BCUT2D eigenvalue weighted by Crippen LogP contribution is -2.28. The molecule has 0 aliphatic carbocycles. The summed E-state index contributed by atoms with van der Waals surface area (Å²) in [7, 11) is -2.11. The van der Waals surface area contributed by atoms with Crippen molar-refractivity contribution in [3.63, 3.8) is 0 Å². The first-order valence-electron chi connectivity index (χ1n) is 8.28. The lowest BCUT2D eigenvalue weighted by atomic mass is 10.2. The fourth-order valence-corrected chi connectivity index (χ4v) is 3.30. The van der Waals surface area contributed by atoms with Crippen LogP contribution in [0.3, 0.4) is 0 Å². The van der Waals surface area contributed by atoms with E-state index in [-0.39, 0.29) is 18.9 Å². The van der Waals surface area contributed by atoms with Gasteiger partial charge in [0.25, 0.3) is 0 Å². The van der Waals surface area contributed by atoms with Crippen LogP contribution in [-0.2, 0) is 14.8 Å². The summed E-state index contributed by atoms with van der Waals surface area (Å²) in [5.41, 5.74) is 1.54. The first-order chi connectivity index (χ1) is 12.7. The van der Waals surface area contributed by atoms with Gasteiger partial charge >= 0.3 is 0 Å². The Bertz CT molecular complexity index is 920. The Morgan fingerprint density at radius 2 is 1.85 bits per heavy atom. The van der Waals surface area contributed by atoms with Gasteiger partial charge in [-0.25, -0.2) is 21.9 Å². The minimum Gasteiger partial charge on any atom is -0.375 e. The lowest BCUT2D eigenvalue weighted by Gasteiger charge is -2.17. The molecule has 0 saturated carbocycles. The number of hydrogen-bond donors (Lipinski definition) is 2. The lowest BCUT2D eigenvalue weighted by molar-refractivity contribution is -0.116. The number of halogens is 2. The van der Waals surface area contributed by atoms with E-state index >= 15 is 0 Å². The minimum atomic E-state index is -4.03. The molecule has 0 heterocycles. The molecular weight excluding hydrogens is 376 g/mol. The van der Waals surface area contributed by atoms with Crippen molar-refractivity contribution in [2.45, 2.75) is 18.2 Å². The molecule has 0 unspecified atom stereocenters. The molecule has 0 bridgehead atoms. The Balaban J connectivity index is 1.91. The number of nitrogens with one attached hydrogen (secondary N) is 2. The molecule has 0 spiro atoms. The molecule has 1 amide bonds. The molecule has 2 aromatic rings. The predicted molar refractivity (Wildman–Crippen MR) is 100 cm³/mol. The average Bonchev–Trinajstić information content (AvgIpc) is 2.63. The molecule has 0 atom stereocenters. The van der Waals surface area contributed by atoms with E-state index < -0.39 is 26.6 Å². The van der Waals surface area contributed by atoms with Crippen LogP contribution in [0, 0.1) is 11.6 Å². The molecule has 6 nitrogen and oxygen atoms in total. The number of rotatable bonds is 8. The van der Waals surface area contributed by atoms with Gasteiger partial charge < -0.3 is 10.2 Å². The van der Waals surface area contributed by atoms with E-state index in [1.54, 1.807) is 6.07 Å². The van der Waals surface area contributed by atoms with E-state index in [2.05, 4.69) is 10.0 Å². The summed E-state index contributed by atoms with van der Waals surface area (Å²) in [5.74, 6) is -2.77. The highest BCUT2D eigenvalue weighted by Gasteiger charge is 2.16. The largest absolute Gasteiger partial charge is 0.375 e. The number of hydrogen-bond acceptors (Lipinski definition) is 4. The van der Waals surface area contributed by atoms with E-state index in [0.717, 1.165) is 24.4 Å². The van der Waals surface area contributed by atoms with Crippen LogP contribution in [0.15, 0.2) is 47.4 Å². The number of amides is 1. The number of anilines is 2. The van der Waals surface area contributed by atoms with Gasteiger partial charge in [0.05, 0.1) is 4.90 Å². The van der Waals surface area contributed by atoms with Crippen LogP contribution >= 0.6 is 0 Å². The monoisotopic (exact) mass is 397 g/mol. The number of carbonyl (C=O) groups excluding carboxylic acids is 1. The maximum atomic E-state index is 13.2. The standard InChI is InChI=1S/C18H21F2N3O3S/c1-3-23(2)14-6-4-5-13(11-14)22-18(24)9-10-21-27(25,26)15-7-8-16(19)17(20)12-15/h4-8,11-12,21H,3,9-10H2,1-2H3,(H,22,24). The molecule has 0 saturated heterocycles. The van der Waals surface area contributed by atoms with Gasteiger partial charge in [-0.05, 0) is 43.3 Å². The molecule has 2 rings (SSSR count). The summed E-state index contributed by atoms with van der Waals surface area (Å²) in [6.07, 6.45) is -0.114. The summed E-state index contributed by atoms with van der Waals surface area (Å²) in [6.45, 7) is 2.63. The van der Waals surface area contributed by atoms with Crippen LogP contribution < -0.4 is 14.9 Å². The number of carbonyl (C=O) groups is 1. The topological polar surface area (TPSA) is 78.5 Å². The van der Waals surface area contributed by atoms with Gasteiger partial charge in [0, 0.05) is 37.9 Å². The second-order valence-corrected chi connectivity index (χ2v) is 7.60. The third-order valence-electron chi connectivity index (χ3n) is 3.89. The second kappa shape index (κ2) is 8.92. The van der Waals surface area contributed by atoms with Crippen molar-refractivity contribution < 1.29 is 22.0 Å². The van der Waals surface area contributed by atoms with Gasteiger partial charge in [0.2, 0.25) is 15.9 Å². The van der Waals surface area contributed by atoms with Crippen LogP contribution in [0.4, 0.5) is 20.2 Å². The van der Waals surface area contributed by atoms with Gasteiger partial charge in [-0.15, -0.1) is 0 Å². The number of benzene rings is 2. The fourth-order valence-electron chi connectivity index (χ4n) is 2.25. The van der Waals surface area contributed by atoms with Gasteiger partial charge in [0.1, 0.15) is 0 Å². The van der Waals surface area contributed by atoms with Crippen molar-refractivity contribution in [2.75, 3.05) is 30.4 Å². The molecule has 0 fully saturated rings. The molecule has 146 valence electrons. The molecule has 0 radical (unpaired) electrons. The molecule has 2 aromatic carbocycles. The Kier molecular flexibility index (Phi) is 6.86. The molecular formula is C18H21F2N3O3S. The Morgan fingerprint density at radius 3 is 2.52 bits per heavy atom. The molecule has 9 heteroatoms. The molecule has 0 aliphatic heterocycles. The minimum absolute atomic E-state index is 0.114. The number of sulfonamides is 1. The summed E-state index contributed by atoms with van der Waals surface area (Å²) >= 11 is 0. The normalized spacial score (nSPS) is 11.3. The fraction of sp³-hybridized carbons (Fsp3) is 0.278. The molecule has 2 N–H and O–H groups in total. The van der Waals surface area contributed by atoms with E-state index in [1.165, 1.54) is 0 Å². The van der Waals surface area contributed by atoms with Crippen LogP contribution in [-0.4, -0.2) is 34.5 Å². The van der Waals surface area contributed by atoms with Crippen LogP contribution in [0.2, 0.25) is 0 Å². The molecule has 0 aromatic heterocycles. The third kappa shape index (κ3) is 5.73. The highest BCUT2D eigenvalue weighted by Crippen LogP contribution is 2.18. The van der Waals surface area contributed by atoms with E-state index in [1.807, 2.05) is 37.1 Å². The van der Waals surface area contributed by atoms with E-state index in [9.17, 15) is 22.0 Å². The van der Waals surface area contributed by atoms with Crippen LogP contribution in [0.5, 0.6) is 0 Å². The number of nitrogens with zero attached hydrogens (tertiary/aromatic N) is 1. The Morgan fingerprint density at radius 1 is 1.11 bits per heavy atom. The van der Waals surface area contributed by atoms with Crippen molar-refractivity contribution in [3.05, 3.63) is 54.1 Å². The zero-order valence-electron chi connectivity index (χ0n) is 15.0. The van der Waals surface area contributed by atoms with Crippen molar-refractivity contribution >= 4 is 27.3 Å². The predicted octanol–water partition coefficient (Wildman–Crippen LogP) is 2.73. The van der Waals surface area contributed by atoms with Gasteiger partial charge in [0.15, 0.2) is 11.6 Å². The SMILES string of the molecule is CCN(C)c1cccc(NC(=O)CCNS(=O)(=O)c2ccc(F)c(F)c2)c1. The molecule has 27 heavy (non-hydrogen) atoms. The smallest absolute Gasteiger partial charge is 0.240 e. The first-order valence-corrected chi connectivity index (χ1v) is 9.77. The Labute approximate surface area is 157 Å². The summed E-state index contributed by atoms with van der Waals surface area (Å²) in [5, 5.41) is 2.69. The zero-order chi connectivity index (χ0) is 20.0. The highest BCUT2D eigenvalue weighted by molar-refractivity contribution is 7.89. The highest BCUT2D eigenvalue weighted by atomic mass is 32.2. The second-order valence-electron chi connectivity index (χ2n) is 5.84. The van der Waals surface area contributed by atoms with Crippen molar-refractivity contribution in [1.82, 2.24) is 4.72 Å². The maximum Gasteiger partial charge on any atom is 0.240 e. The average molecular weight is 397 g/mol. The van der Waals surface area contributed by atoms with Crippen LogP contribution in [0.1, 0.15) is 13.3 Å². The summed E-state index contributed by atoms with van der Waals surface area (Å²) in [4.78, 5) is 13.6. The maximum absolute atomic E-state index is 13.2. The Hall–Kier alpha value is -2.52. The zero-order valence-corrected chi connectivity index (χ0v) is 15.8. The van der Waals surface area contributed by atoms with Gasteiger partial charge in [-0.3, -0.25) is 4.79 Å². The van der Waals surface area contributed by atoms with Crippen molar-refractivity contribution in [1.29, 1.82) is 0 Å². The first kappa shape index (κ1) is 20.8. The quantitative estimate of drug-likeness (QED) is 0.718. The summed E-state index contributed by atoms with van der Waals surface area (Å²) in [6, 6.07) is 9.54. The van der Waals surface area contributed by atoms with Gasteiger partial charge in [-0.2, -0.15) is 0 Å². The van der Waals surface area contributed by atoms with Gasteiger partial charge in [-0.1, -0.05) is 6.07 Å². The summed E-state index contributed by atoms with van der Waals surface area (Å²) < 4.78 is 52.4. The van der Waals surface area contributed by atoms with E-state index in [0.29, 0.717) is 11.8 Å². The van der Waals surface area contributed by atoms with Crippen LogP contribution in [0.25, 0.3) is 0 Å². The van der Waals surface area contributed by atoms with Crippen molar-refractivity contribution in [3.8, 4) is 0 Å². The van der Waals surface area contributed by atoms with Crippen molar-refractivity contribution in [2.24, 2.45) is 0 Å².